The molecule has 0 aromatic carbocycles. The van der Waals surface area contributed by atoms with Gasteiger partial charge in [0.1, 0.15) is 0 Å². The van der Waals surface area contributed by atoms with Crippen molar-refractivity contribution in [1.29, 1.82) is 0 Å². The van der Waals surface area contributed by atoms with E-state index < -0.39 is 0 Å². The first-order valence-corrected chi connectivity index (χ1v) is 3.36. The van der Waals surface area contributed by atoms with Crippen LogP contribution in [0.1, 0.15) is 0 Å². The van der Waals surface area contributed by atoms with Gasteiger partial charge in [-0.1, -0.05) is 0 Å². The zero-order chi connectivity index (χ0) is 7.52. The highest BCUT2D eigenvalue weighted by molar-refractivity contribution is 5.35. The number of hydrogen-bond donors (Lipinski definition) is 0. The van der Waals surface area contributed by atoms with Crippen LogP contribution in [-0.4, -0.2) is 4.98 Å². The molecule has 1 aromatic heterocycles. The quantitative estimate of drug-likeness (QED) is 0.474. The van der Waals surface area contributed by atoms with Gasteiger partial charge in [0.05, 0.1) is 11.6 Å². The number of nitrogens with zero attached hydrogens (tertiary/aromatic N) is 2. The van der Waals surface area contributed by atoms with Crippen molar-refractivity contribution in [2.45, 2.75) is 0 Å². The van der Waals surface area contributed by atoms with Gasteiger partial charge in [-0.25, -0.2) is 4.99 Å². The lowest BCUT2D eigenvalue weighted by Crippen LogP contribution is -2.23. The Morgan fingerprint density at radius 1 is 1.36 bits per heavy atom. The maximum absolute atomic E-state index is 4.15. The minimum Gasteiger partial charge on any atom is -0.264 e. The first-order chi connectivity index (χ1) is 5.47. The summed E-state index contributed by atoms with van der Waals surface area (Å²) in [7, 11) is 0. The molecule has 0 fully saturated rings. The Labute approximate surface area is 63.9 Å². The fourth-order valence-electron chi connectivity index (χ4n) is 0.933. The molecule has 0 saturated heterocycles. The summed E-state index contributed by atoms with van der Waals surface area (Å²) in [6, 6.07) is 1.88. The lowest BCUT2D eigenvalue weighted by atomic mass is 10.3. The van der Waals surface area contributed by atoms with Gasteiger partial charge in [0, 0.05) is 17.6 Å². The highest BCUT2D eigenvalue weighted by Crippen LogP contribution is 1.76. The number of hydrogen-bond acceptors (Lipinski definition) is 2. The molecule has 0 unspecified atom stereocenters. The fourth-order valence-corrected chi connectivity index (χ4v) is 0.933. The van der Waals surface area contributed by atoms with E-state index in [2.05, 4.69) is 15.7 Å². The van der Waals surface area contributed by atoms with Gasteiger partial charge in [0.25, 0.3) is 0 Å². The van der Waals surface area contributed by atoms with Crippen molar-refractivity contribution in [1.82, 2.24) is 4.98 Å². The molecule has 1 aliphatic rings. The number of fused-ring (bicyclic) bond motifs is 1. The van der Waals surface area contributed by atoms with E-state index in [9.17, 15) is 0 Å². The van der Waals surface area contributed by atoms with Gasteiger partial charge in [-0.15, -0.1) is 5.73 Å². The topological polar surface area (TPSA) is 25.2 Å². The molecule has 52 valence electrons. The van der Waals surface area contributed by atoms with Crippen LogP contribution >= 0.6 is 0 Å². The van der Waals surface area contributed by atoms with Crippen LogP contribution in [0.2, 0.25) is 0 Å². The zero-order valence-electron chi connectivity index (χ0n) is 5.86. The Morgan fingerprint density at radius 2 is 2.36 bits per heavy atom. The molecule has 11 heavy (non-hydrogen) atoms. The van der Waals surface area contributed by atoms with Gasteiger partial charge in [0.15, 0.2) is 0 Å². The Kier molecular flexibility index (Phi) is 1.39. The summed E-state index contributed by atoms with van der Waals surface area (Å²) in [6.07, 6.45) is 8.94. The summed E-state index contributed by atoms with van der Waals surface area (Å²) < 4.78 is 0. The number of allylic oxidation sites excluding steroid dienone is 1. The van der Waals surface area contributed by atoms with E-state index in [-0.39, 0.29) is 0 Å². The lowest BCUT2D eigenvalue weighted by molar-refractivity contribution is 1.21. The first kappa shape index (κ1) is 6.08. The van der Waals surface area contributed by atoms with E-state index in [4.69, 9.17) is 0 Å². The van der Waals surface area contributed by atoms with Gasteiger partial charge in [-0.05, 0) is 18.2 Å². The van der Waals surface area contributed by atoms with Crippen molar-refractivity contribution < 1.29 is 0 Å². The maximum Gasteiger partial charge on any atom is 0.0740 e. The van der Waals surface area contributed by atoms with Crippen molar-refractivity contribution in [2.24, 2.45) is 4.99 Å². The largest absolute Gasteiger partial charge is 0.264 e. The number of pyridine rings is 1. The third-order valence-electron chi connectivity index (χ3n) is 1.47. The first-order valence-electron chi connectivity index (χ1n) is 3.36. The Hall–Kier alpha value is -1.66. The number of aromatic nitrogens is 1. The summed E-state index contributed by atoms with van der Waals surface area (Å²) in [5, 5.41) is 1.98. The standard InChI is InChI=1S/C9H6N2/c1-2-5-11-9-4-6-10-7-8(9)3-1/h1,3-7H. The Morgan fingerprint density at radius 3 is 3.36 bits per heavy atom. The van der Waals surface area contributed by atoms with Crippen LogP contribution in [0.25, 0.3) is 6.08 Å². The average Bonchev–Trinajstić information content (AvgIpc) is 2.28. The third-order valence-corrected chi connectivity index (χ3v) is 1.47. The molecule has 0 N–H and O–H groups in total. The van der Waals surface area contributed by atoms with Crippen molar-refractivity contribution in [3.8, 4) is 0 Å². The molecular weight excluding hydrogens is 136 g/mol. The highest BCUT2D eigenvalue weighted by Gasteiger charge is 1.83. The van der Waals surface area contributed by atoms with Crippen molar-refractivity contribution >= 4 is 6.08 Å². The molecule has 2 heterocycles. The molecule has 2 nitrogen and oxygen atoms in total. The summed E-state index contributed by atoms with van der Waals surface area (Å²) >= 11 is 0. The lowest BCUT2D eigenvalue weighted by Gasteiger charge is -1.83. The summed E-state index contributed by atoms with van der Waals surface area (Å²) in [4.78, 5) is 8.13. The normalized spacial score (nSPS) is 12.7. The third kappa shape index (κ3) is 1.11. The van der Waals surface area contributed by atoms with E-state index >= 15 is 0 Å². The van der Waals surface area contributed by atoms with Crippen LogP contribution in [0, 0.1) is 0 Å². The maximum atomic E-state index is 4.15. The van der Waals surface area contributed by atoms with Crippen molar-refractivity contribution in [3.63, 3.8) is 0 Å². The van der Waals surface area contributed by atoms with Gasteiger partial charge < -0.3 is 0 Å². The molecule has 1 aromatic rings. The van der Waals surface area contributed by atoms with E-state index in [1.807, 2.05) is 18.2 Å². The monoisotopic (exact) mass is 142 g/mol. The van der Waals surface area contributed by atoms with Crippen LogP contribution < -0.4 is 10.6 Å². The summed E-state index contributed by atoms with van der Waals surface area (Å²) in [5.74, 6) is 0. The summed E-state index contributed by atoms with van der Waals surface area (Å²) in [5.41, 5.74) is 2.89. The average molecular weight is 142 g/mol. The second-order valence-electron chi connectivity index (χ2n) is 2.19. The molecule has 2 rings (SSSR count). The van der Waals surface area contributed by atoms with Gasteiger partial charge in [0.2, 0.25) is 0 Å². The summed E-state index contributed by atoms with van der Waals surface area (Å²) in [6.45, 7) is 0. The van der Waals surface area contributed by atoms with Gasteiger partial charge >= 0.3 is 0 Å². The van der Waals surface area contributed by atoms with Crippen LogP contribution in [0.3, 0.4) is 0 Å². The van der Waals surface area contributed by atoms with E-state index in [1.54, 1.807) is 18.6 Å². The van der Waals surface area contributed by atoms with Gasteiger partial charge in [-0.3, -0.25) is 4.98 Å². The predicted octanol–water partition coefficient (Wildman–Crippen LogP) is 0.164. The molecular formula is C9H6N2. The predicted molar refractivity (Wildman–Crippen MR) is 42.1 cm³/mol. The molecule has 0 atom stereocenters. The van der Waals surface area contributed by atoms with E-state index in [0.717, 1.165) is 10.6 Å². The SMILES string of the molecule is C1=CC=c2cnccc2=NC=1. The van der Waals surface area contributed by atoms with Crippen LogP contribution in [0.15, 0.2) is 41.5 Å². The number of rotatable bonds is 0. The van der Waals surface area contributed by atoms with Gasteiger partial charge in [-0.2, -0.15) is 0 Å². The molecule has 0 amide bonds. The van der Waals surface area contributed by atoms with Crippen LogP contribution in [0.4, 0.5) is 0 Å². The molecule has 1 aliphatic heterocycles. The molecule has 0 aliphatic carbocycles. The molecule has 0 bridgehead atoms. The Balaban J connectivity index is 2.91. The van der Waals surface area contributed by atoms with Crippen molar-refractivity contribution in [3.05, 3.63) is 47.0 Å². The zero-order valence-corrected chi connectivity index (χ0v) is 5.86. The minimum absolute atomic E-state index is 0.946. The van der Waals surface area contributed by atoms with Crippen LogP contribution in [-0.2, 0) is 0 Å². The van der Waals surface area contributed by atoms with E-state index in [0.29, 0.717) is 0 Å². The highest BCUT2D eigenvalue weighted by atomic mass is 14.7. The second kappa shape index (κ2) is 2.52. The smallest absolute Gasteiger partial charge is 0.0740 e. The molecule has 2 heteroatoms. The molecule has 0 spiro atoms. The van der Waals surface area contributed by atoms with Crippen molar-refractivity contribution in [2.75, 3.05) is 0 Å². The van der Waals surface area contributed by atoms with Crippen LogP contribution in [0.5, 0.6) is 0 Å². The fraction of sp³-hybridized carbons (Fsp3) is 0. The molecule has 0 saturated carbocycles. The second-order valence-corrected chi connectivity index (χ2v) is 2.19. The minimum atomic E-state index is 0.946. The van der Waals surface area contributed by atoms with E-state index in [1.165, 1.54) is 0 Å². The molecule has 0 radical (unpaired) electrons. The Bertz CT molecular complexity index is 398.